The van der Waals surface area contributed by atoms with E-state index in [0.717, 1.165) is 17.7 Å². The molecule has 4 rings (SSSR count). The second kappa shape index (κ2) is 17.6. The van der Waals surface area contributed by atoms with Crippen molar-refractivity contribution in [3.05, 3.63) is 101 Å². The molecule has 3 aromatic carbocycles. The van der Waals surface area contributed by atoms with Gasteiger partial charge in [-0.1, -0.05) is 54.1 Å². The van der Waals surface area contributed by atoms with Crippen molar-refractivity contribution in [2.24, 2.45) is 5.73 Å². The van der Waals surface area contributed by atoms with Crippen LogP contribution in [-0.2, 0) is 22.4 Å². The largest absolute Gasteiger partial charge is 0.378 e. The zero-order chi connectivity index (χ0) is 30.1. The van der Waals surface area contributed by atoms with Crippen LogP contribution in [0.25, 0.3) is 0 Å². The van der Waals surface area contributed by atoms with E-state index >= 15 is 0 Å². The molecule has 0 saturated carbocycles. The van der Waals surface area contributed by atoms with Gasteiger partial charge in [0.2, 0.25) is 17.8 Å². The number of nitrogens with two attached hydrogens (primary N) is 1. The van der Waals surface area contributed by atoms with Gasteiger partial charge in [0.25, 0.3) is 5.91 Å². The summed E-state index contributed by atoms with van der Waals surface area (Å²) >= 11 is 6.02. The second-order valence-corrected chi connectivity index (χ2v) is 9.86. The van der Waals surface area contributed by atoms with Gasteiger partial charge in [0.05, 0.1) is 26.4 Å². The lowest BCUT2D eigenvalue weighted by Crippen LogP contribution is -2.27. The number of amides is 1. The Bertz CT molecular complexity index is 1390. The number of aromatic nitrogens is 3. The summed E-state index contributed by atoms with van der Waals surface area (Å²) in [5.74, 6) is 1.03. The third kappa shape index (κ3) is 11.5. The van der Waals surface area contributed by atoms with Crippen LogP contribution in [0, 0.1) is 0 Å². The monoisotopic (exact) mass is 604 g/mol. The van der Waals surface area contributed by atoms with Crippen molar-refractivity contribution in [2.75, 3.05) is 62.0 Å². The third-order valence-corrected chi connectivity index (χ3v) is 6.36. The quantitative estimate of drug-likeness (QED) is 0.104. The molecular formula is C31H37ClN8O3. The van der Waals surface area contributed by atoms with Crippen molar-refractivity contribution >= 4 is 41.0 Å². The highest BCUT2D eigenvalue weighted by molar-refractivity contribution is 6.30. The lowest BCUT2D eigenvalue weighted by atomic mass is 10.1. The molecule has 11 nitrogen and oxygen atoms in total. The van der Waals surface area contributed by atoms with Crippen LogP contribution in [-0.4, -0.2) is 66.9 Å². The van der Waals surface area contributed by atoms with Crippen molar-refractivity contribution in [3.8, 4) is 0 Å². The number of nitrogens with zero attached hydrogens (tertiary/aromatic N) is 3. The van der Waals surface area contributed by atoms with Gasteiger partial charge in [-0.2, -0.15) is 15.0 Å². The molecule has 0 aliphatic rings. The van der Waals surface area contributed by atoms with E-state index in [1.54, 1.807) is 24.3 Å². The number of benzene rings is 3. The summed E-state index contributed by atoms with van der Waals surface area (Å²) < 4.78 is 10.7. The number of rotatable bonds is 18. The van der Waals surface area contributed by atoms with Gasteiger partial charge in [-0.05, 0) is 53.9 Å². The fraction of sp³-hybridized carbons (Fsp3) is 0.290. The summed E-state index contributed by atoms with van der Waals surface area (Å²) in [4.78, 5) is 26.2. The number of hydrogen-bond acceptors (Lipinski definition) is 10. The molecule has 0 saturated heterocycles. The molecule has 0 unspecified atom stereocenters. The predicted octanol–water partition coefficient (Wildman–Crippen LogP) is 4.26. The minimum absolute atomic E-state index is 0.187. The van der Waals surface area contributed by atoms with E-state index in [-0.39, 0.29) is 5.91 Å². The normalized spacial score (nSPS) is 10.7. The van der Waals surface area contributed by atoms with Gasteiger partial charge < -0.3 is 36.5 Å². The van der Waals surface area contributed by atoms with Gasteiger partial charge in [-0.15, -0.1) is 0 Å². The van der Waals surface area contributed by atoms with Gasteiger partial charge >= 0.3 is 0 Å². The third-order valence-electron chi connectivity index (χ3n) is 6.11. The molecule has 0 radical (unpaired) electrons. The van der Waals surface area contributed by atoms with Crippen LogP contribution >= 0.6 is 11.6 Å². The van der Waals surface area contributed by atoms with E-state index in [0.29, 0.717) is 81.0 Å². The molecule has 1 aromatic heterocycles. The number of halogens is 1. The number of hydrogen-bond donors (Lipinski definition) is 5. The Morgan fingerprint density at radius 3 is 2.12 bits per heavy atom. The first-order valence-electron chi connectivity index (χ1n) is 14.1. The fourth-order valence-electron chi connectivity index (χ4n) is 3.91. The number of carbonyl (C=O) groups excluding carboxylic acids is 1. The van der Waals surface area contributed by atoms with Crippen LogP contribution in [0.1, 0.15) is 21.5 Å². The SMILES string of the molecule is NCCOCCOCCNC(=O)c1ccc(Nc2nc(NCCc3ccccc3)nc(NCc3ccc(Cl)cc3)n2)cc1. The first kappa shape index (κ1) is 31.6. The van der Waals surface area contributed by atoms with Crippen molar-refractivity contribution in [2.45, 2.75) is 13.0 Å². The van der Waals surface area contributed by atoms with Crippen molar-refractivity contribution < 1.29 is 14.3 Å². The summed E-state index contributed by atoms with van der Waals surface area (Å²) in [7, 11) is 0. The van der Waals surface area contributed by atoms with Crippen LogP contribution < -0.4 is 27.0 Å². The van der Waals surface area contributed by atoms with E-state index in [1.807, 2.05) is 42.5 Å². The molecule has 0 atom stereocenters. The Labute approximate surface area is 256 Å². The van der Waals surface area contributed by atoms with Crippen LogP contribution in [0.4, 0.5) is 23.5 Å². The average molecular weight is 605 g/mol. The summed E-state index contributed by atoms with van der Waals surface area (Å²) in [5, 5.41) is 13.3. The first-order valence-corrected chi connectivity index (χ1v) is 14.5. The molecule has 43 heavy (non-hydrogen) atoms. The van der Waals surface area contributed by atoms with Crippen LogP contribution in [0.15, 0.2) is 78.9 Å². The van der Waals surface area contributed by atoms with Gasteiger partial charge in [0.1, 0.15) is 0 Å². The van der Waals surface area contributed by atoms with Crippen molar-refractivity contribution in [3.63, 3.8) is 0 Å². The van der Waals surface area contributed by atoms with Crippen LogP contribution in [0.5, 0.6) is 0 Å². The van der Waals surface area contributed by atoms with E-state index < -0.39 is 0 Å². The molecule has 12 heteroatoms. The Balaban J connectivity index is 1.34. The molecule has 0 aliphatic carbocycles. The van der Waals surface area contributed by atoms with Crippen molar-refractivity contribution in [1.29, 1.82) is 0 Å². The molecule has 226 valence electrons. The summed E-state index contributed by atoms with van der Waals surface area (Å²) in [5.41, 5.74) is 8.88. The highest BCUT2D eigenvalue weighted by Gasteiger charge is 2.09. The molecule has 0 bridgehead atoms. The minimum Gasteiger partial charge on any atom is -0.378 e. The average Bonchev–Trinajstić information content (AvgIpc) is 3.03. The Kier molecular flexibility index (Phi) is 13.0. The minimum atomic E-state index is -0.187. The standard InChI is InChI=1S/C31H37ClN8O3/c32-26-10-6-24(7-11-26)22-36-30-38-29(35-16-14-23-4-2-1-3-5-23)39-31(40-30)37-27-12-8-25(9-13-27)28(41)34-17-19-43-21-20-42-18-15-33/h1-13H,14-22,33H2,(H,34,41)(H3,35,36,37,38,39,40). The molecule has 0 aliphatic heterocycles. The smallest absolute Gasteiger partial charge is 0.251 e. The molecular weight excluding hydrogens is 568 g/mol. The van der Waals surface area contributed by atoms with Gasteiger partial charge in [-0.3, -0.25) is 4.79 Å². The summed E-state index contributed by atoms with van der Waals surface area (Å²) in [6, 6.07) is 24.8. The number of ether oxygens (including phenoxy) is 2. The predicted molar refractivity (Wildman–Crippen MR) is 170 cm³/mol. The molecule has 0 spiro atoms. The van der Waals surface area contributed by atoms with Crippen LogP contribution in [0.3, 0.4) is 0 Å². The molecule has 1 heterocycles. The van der Waals surface area contributed by atoms with E-state index in [4.69, 9.17) is 26.8 Å². The maximum absolute atomic E-state index is 12.5. The van der Waals surface area contributed by atoms with Crippen LogP contribution in [0.2, 0.25) is 5.02 Å². The second-order valence-electron chi connectivity index (χ2n) is 9.42. The molecule has 1 amide bonds. The molecule has 4 aromatic rings. The number of carbonyl (C=O) groups is 1. The van der Waals surface area contributed by atoms with E-state index in [2.05, 4.69) is 48.4 Å². The number of nitrogens with one attached hydrogen (secondary N) is 4. The van der Waals surface area contributed by atoms with Gasteiger partial charge in [-0.25, -0.2) is 0 Å². The van der Waals surface area contributed by atoms with Gasteiger partial charge in [0, 0.05) is 42.5 Å². The first-order chi connectivity index (χ1) is 21.1. The Morgan fingerprint density at radius 2 is 1.40 bits per heavy atom. The molecule has 6 N–H and O–H groups in total. The zero-order valence-corrected chi connectivity index (χ0v) is 24.6. The topological polar surface area (TPSA) is 148 Å². The molecule has 0 fully saturated rings. The lowest BCUT2D eigenvalue weighted by Gasteiger charge is -2.12. The Morgan fingerprint density at radius 1 is 0.721 bits per heavy atom. The van der Waals surface area contributed by atoms with Gasteiger partial charge in [0.15, 0.2) is 0 Å². The van der Waals surface area contributed by atoms with E-state index in [9.17, 15) is 4.79 Å². The summed E-state index contributed by atoms with van der Waals surface area (Å²) in [6.45, 7) is 3.88. The Hall–Kier alpha value is -4.29. The number of anilines is 4. The summed E-state index contributed by atoms with van der Waals surface area (Å²) in [6.07, 6.45) is 0.821. The maximum Gasteiger partial charge on any atom is 0.251 e. The fourth-order valence-corrected chi connectivity index (χ4v) is 4.04. The van der Waals surface area contributed by atoms with Crippen molar-refractivity contribution in [1.82, 2.24) is 20.3 Å². The maximum atomic E-state index is 12.5. The van der Waals surface area contributed by atoms with E-state index in [1.165, 1.54) is 5.56 Å². The lowest BCUT2D eigenvalue weighted by molar-refractivity contribution is 0.0511. The highest BCUT2D eigenvalue weighted by atomic mass is 35.5. The highest BCUT2D eigenvalue weighted by Crippen LogP contribution is 2.18. The zero-order valence-electron chi connectivity index (χ0n) is 23.9.